The lowest BCUT2D eigenvalue weighted by atomic mass is 9.97. The number of rotatable bonds is 4. The normalized spacial score (nSPS) is 11.7. The van der Waals surface area contributed by atoms with Gasteiger partial charge in [0.25, 0.3) is 0 Å². The van der Waals surface area contributed by atoms with E-state index in [-0.39, 0.29) is 17.7 Å². The van der Waals surface area contributed by atoms with Gasteiger partial charge in [0.1, 0.15) is 11.6 Å². The SMILES string of the molecule is Cc1ccc(F)c(NC(=S)N(C)[C@@H](c2ccccc2)c2ccc(F)cc2)c1. The minimum atomic E-state index is -0.366. The maximum absolute atomic E-state index is 14.1. The first-order valence-corrected chi connectivity index (χ1v) is 8.97. The lowest BCUT2D eigenvalue weighted by Crippen LogP contribution is -2.35. The molecule has 0 aromatic heterocycles. The van der Waals surface area contributed by atoms with Gasteiger partial charge in [0.15, 0.2) is 5.11 Å². The van der Waals surface area contributed by atoms with Crippen molar-refractivity contribution >= 4 is 23.0 Å². The second kappa shape index (κ2) is 8.27. The molecule has 0 fully saturated rings. The zero-order valence-electron chi connectivity index (χ0n) is 15.1. The Kier molecular flexibility index (Phi) is 5.81. The van der Waals surface area contributed by atoms with Gasteiger partial charge in [0.05, 0.1) is 11.7 Å². The summed E-state index contributed by atoms with van der Waals surface area (Å²) in [6, 6.07) is 20.7. The van der Waals surface area contributed by atoms with Crippen LogP contribution in [-0.4, -0.2) is 17.1 Å². The fourth-order valence-corrected chi connectivity index (χ4v) is 3.19. The van der Waals surface area contributed by atoms with E-state index in [2.05, 4.69) is 5.32 Å². The third kappa shape index (κ3) is 4.49. The van der Waals surface area contributed by atoms with E-state index in [4.69, 9.17) is 12.2 Å². The Labute approximate surface area is 163 Å². The van der Waals surface area contributed by atoms with Crippen LogP contribution in [0.1, 0.15) is 22.7 Å². The third-order valence-electron chi connectivity index (χ3n) is 4.37. The average Bonchev–Trinajstić information content (AvgIpc) is 2.67. The Bertz CT molecular complexity index is 927. The number of nitrogens with zero attached hydrogens (tertiary/aromatic N) is 1. The van der Waals surface area contributed by atoms with Gasteiger partial charge in [-0.3, -0.25) is 0 Å². The first kappa shape index (κ1) is 19.0. The van der Waals surface area contributed by atoms with Crippen molar-refractivity contribution in [1.29, 1.82) is 0 Å². The topological polar surface area (TPSA) is 15.3 Å². The van der Waals surface area contributed by atoms with Gasteiger partial charge in [-0.15, -0.1) is 0 Å². The first-order chi connectivity index (χ1) is 13.0. The maximum atomic E-state index is 14.1. The molecule has 0 radical (unpaired) electrons. The summed E-state index contributed by atoms with van der Waals surface area (Å²) in [5.74, 6) is -0.662. The minimum Gasteiger partial charge on any atom is -0.341 e. The summed E-state index contributed by atoms with van der Waals surface area (Å²) >= 11 is 5.54. The number of benzene rings is 3. The van der Waals surface area contributed by atoms with E-state index >= 15 is 0 Å². The molecule has 0 bridgehead atoms. The lowest BCUT2D eigenvalue weighted by Gasteiger charge is -2.31. The van der Waals surface area contributed by atoms with Gasteiger partial charge in [-0.25, -0.2) is 8.78 Å². The standard InChI is InChI=1S/C22H20F2N2S/c1-15-8-13-19(24)20(14-15)25-22(27)26(2)21(16-6-4-3-5-7-16)17-9-11-18(23)12-10-17/h3-14,21H,1-2H3,(H,25,27)/t21-/m0/s1. The molecular formula is C22H20F2N2S. The smallest absolute Gasteiger partial charge is 0.174 e. The molecule has 3 aromatic rings. The summed E-state index contributed by atoms with van der Waals surface area (Å²) in [7, 11) is 1.84. The van der Waals surface area contributed by atoms with Gasteiger partial charge in [-0.05, 0) is 60.1 Å². The van der Waals surface area contributed by atoms with Crippen molar-refractivity contribution in [2.45, 2.75) is 13.0 Å². The lowest BCUT2D eigenvalue weighted by molar-refractivity contribution is 0.433. The van der Waals surface area contributed by atoms with Crippen molar-refractivity contribution in [2.24, 2.45) is 0 Å². The predicted octanol–water partition coefficient (Wildman–Crippen LogP) is 5.69. The molecule has 138 valence electrons. The second-order valence-corrected chi connectivity index (χ2v) is 6.78. The second-order valence-electron chi connectivity index (χ2n) is 6.39. The van der Waals surface area contributed by atoms with Gasteiger partial charge in [-0.1, -0.05) is 48.5 Å². The molecule has 0 saturated carbocycles. The number of hydrogen-bond donors (Lipinski definition) is 1. The van der Waals surface area contributed by atoms with Crippen LogP contribution < -0.4 is 5.32 Å². The Morgan fingerprint density at radius 1 is 0.926 bits per heavy atom. The number of halogens is 2. The summed E-state index contributed by atoms with van der Waals surface area (Å²) in [5, 5.41) is 3.36. The van der Waals surface area contributed by atoms with Gasteiger partial charge in [0, 0.05) is 7.05 Å². The van der Waals surface area contributed by atoms with E-state index in [9.17, 15) is 8.78 Å². The Hall–Kier alpha value is -2.79. The van der Waals surface area contributed by atoms with E-state index < -0.39 is 0 Å². The van der Waals surface area contributed by atoms with Crippen LogP contribution in [0, 0.1) is 18.6 Å². The fourth-order valence-electron chi connectivity index (χ4n) is 2.98. The maximum Gasteiger partial charge on any atom is 0.174 e. The van der Waals surface area contributed by atoms with E-state index in [0.717, 1.165) is 16.7 Å². The van der Waals surface area contributed by atoms with Crippen molar-refractivity contribution in [3.8, 4) is 0 Å². The molecule has 3 aromatic carbocycles. The summed E-state index contributed by atoms with van der Waals surface area (Å²) in [5.41, 5.74) is 3.15. The van der Waals surface area contributed by atoms with E-state index in [0.29, 0.717) is 10.8 Å². The Morgan fingerprint density at radius 2 is 1.56 bits per heavy atom. The van der Waals surface area contributed by atoms with Crippen LogP contribution in [0.5, 0.6) is 0 Å². The minimum absolute atomic E-state index is 0.236. The number of thiocarbonyl (C=S) groups is 1. The molecular weight excluding hydrogens is 362 g/mol. The molecule has 0 saturated heterocycles. The molecule has 0 aliphatic carbocycles. The van der Waals surface area contributed by atoms with Crippen LogP contribution >= 0.6 is 12.2 Å². The fraction of sp³-hybridized carbons (Fsp3) is 0.136. The number of anilines is 1. The Morgan fingerprint density at radius 3 is 2.22 bits per heavy atom. The van der Waals surface area contributed by atoms with E-state index in [1.54, 1.807) is 24.3 Å². The number of aryl methyl sites for hydroxylation is 1. The van der Waals surface area contributed by atoms with Crippen molar-refractivity contribution in [3.63, 3.8) is 0 Å². The molecule has 0 unspecified atom stereocenters. The molecule has 0 amide bonds. The molecule has 0 heterocycles. The third-order valence-corrected chi connectivity index (χ3v) is 4.76. The highest BCUT2D eigenvalue weighted by molar-refractivity contribution is 7.80. The monoisotopic (exact) mass is 382 g/mol. The molecule has 1 atom stereocenters. The zero-order chi connectivity index (χ0) is 19.4. The van der Waals surface area contributed by atoms with Crippen molar-refractivity contribution in [2.75, 3.05) is 12.4 Å². The summed E-state index contributed by atoms with van der Waals surface area (Å²) in [6.07, 6.45) is 0. The molecule has 1 N–H and O–H groups in total. The highest BCUT2D eigenvalue weighted by atomic mass is 32.1. The highest BCUT2D eigenvalue weighted by Crippen LogP contribution is 2.29. The average molecular weight is 382 g/mol. The van der Waals surface area contributed by atoms with Crippen molar-refractivity contribution < 1.29 is 8.78 Å². The molecule has 27 heavy (non-hydrogen) atoms. The molecule has 5 heteroatoms. The zero-order valence-corrected chi connectivity index (χ0v) is 15.9. The van der Waals surface area contributed by atoms with Crippen LogP contribution in [0.25, 0.3) is 0 Å². The van der Waals surface area contributed by atoms with Crippen molar-refractivity contribution in [3.05, 3.63) is 101 Å². The molecule has 0 aliphatic heterocycles. The number of nitrogens with one attached hydrogen (secondary N) is 1. The summed E-state index contributed by atoms with van der Waals surface area (Å²) in [6.45, 7) is 1.89. The first-order valence-electron chi connectivity index (χ1n) is 8.56. The summed E-state index contributed by atoms with van der Waals surface area (Å²) < 4.78 is 27.5. The van der Waals surface area contributed by atoms with Gasteiger partial charge < -0.3 is 10.2 Å². The molecule has 0 aliphatic rings. The van der Waals surface area contributed by atoms with Gasteiger partial charge in [-0.2, -0.15) is 0 Å². The van der Waals surface area contributed by atoms with Crippen LogP contribution in [0.2, 0.25) is 0 Å². The molecule has 0 spiro atoms. The highest BCUT2D eigenvalue weighted by Gasteiger charge is 2.22. The Balaban J connectivity index is 1.92. The van der Waals surface area contributed by atoms with Crippen molar-refractivity contribution in [1.82, 2.24) is 4.90 Å². The quantitative estimate of drug-likeness (QED) is 0.584. The van der Waals surface area contributed by atoms with E-state index in [1.807, 2.05) is 49.2 Å². The van der Waals surface area contributed by atoms with Gasteiger partial charge >= 0.3 is 0 Å². The van der Waals surface area contributed by atoms with Crippen LogP contribution in [0.15, 0.2) is 72.8 Å². The van der Waals surface area contributed by atoms with E-state index in [1.165, 1.54) is 18.2 Å². The summed E-state index contributed by atoms with van der Waals surface area (Å²) in [4.78, 5) is 1.85. The van der Waals surface area contributed by atoms with Crippen LogP contribution in [0.3, 0.4) is 0 Å². The van der Waals surface area contributed by atoms with Crippen LogP contribution in [0.4, 0.5) is 14.5 Å². The van der Waals surface area contributed by atoms with Crippen LogP contribution in [-0.2, 0) is 0 Å². The van der Waals surface area contributed by atoms with Gasteiger partial charge in [0.2, 0.25) is 0 Å². The molecule has 3 rings (SSSR count). The predicted molar refractivity (Wildman–Crippen MR) is 110 cm³/mol. The largest absolute Gasteiger partial charge is 0.341 e. The number of hydrogen-bond acceptors (Lipinski definition) is 1. The molecule has 2 nitrogen and oxygen atoms in total.